The van der Waals surface area contributed by atoms with Crippen LogP contribution in [0.5, 0.6) is 5.75 Å². The lowest BCUT2D eigenvalue weighted by molar-refractivity contribution is 0.241. The Morgan fingerprint density at radius 3 is 2.75 bits per heavy atom. The van der Waals surface area contributed by atoms with E-state index >= 15 is 0 Å². The highest BCUT2D eigenvalue weighted by Crippen LogP contribution is 2.42. The Balaban J connectivity index is 1.80. The molecule has 0 spiro atoms. The van der Waals surface area contributed by atoms with Gasteiger partial charge in [-0.05, 0) is 36.8 Å². The van der Waals surface area contributed by atoms with Gasteiger partial charge in [0, 0.05) is 29.1 Å². The zero-order valence-electron chi connectivity index (χ0n) is 12.0. The van der Waals surface area contributed by atoms with E-state index < -0.39 is 0 Å². The molecule has 0 aromatic heterocycles. The van der Waals surface area contributed by atoms with Crippen LogP contribution in [0.2, 0.25) is 10.0 Å². The van der Waals surface area contributed by atoms with Crippen molar-refractivity contribution < 1.29 is 4.74 Å². The molecule has 110 valence electrons. The number of hydrogen-bond donors (Lipinski definition) is 1. The normalized spacial score (nSPS) is 28.0. The van der Waals surface area contributed by atoms with Crippen molar-refractivity contribution in [1.29, 1.82) is 0 Å². The van der Waals surface area contributed by atoms with E-state index in [-0.39, 0.29) is 0 Å². The van der Waals surface area contributed by atoms with Gasteiger partial charge in [-0.15, -0.1) is 0 Å². The minimum Gasteiger partial charge on any atom is -0.492 e. The number of fused-ring (bicyclic) bond motifs is 1. The van der Waals surface area contributed by atoms with Crippen molar-refractivity contribution in [3.8, 4) is 5.75 Å². The predicted molar refractivity (Wildman–Crippen MR) is 83.9 cm³/mol. The van der Waals surface area contributed by atoms with Crippen molar-refractivity contribution in [1.82, 2.24) is 5.32 Å². The van der Waals surface area contributed by atoms with Gasteiger partial charge in [0.25, 0.3) is 0 Å². The molecule has 1 aromatic carbocycles. The van der Waals surface area contributed by atoms with Crippen LogP contribution in [-0.4, -0.2) is 12.6 Å². The maximum absolute atomic E-state index is 6.24. The van der Waals surface area contributed by atoms with E-state index in [1.54, 1.807) is 6.07 Å². The number of rotatable bonds is 2. The molecule has 1 saturated carbocycles. The number of benzene rings is 1. The summed E-state index contributed by atoms with van der Waals surface area (Å²) < 4.78 is 5.71. The topological polar surface area (TPSA) is 21.3 Å². The number of ether oxygens (including phenoxy) is 1. The number of hydrogen-bond acceptors (Lipinski definition) is 2. The molecule has 2 atom stereocenters. The fraction of sp³-hybridized carbons (Fsp3) is 0.625. The largest absolute Gasteiger partial charge is 0.492 e. The van der Waals surface area contributed by atoms with E-state index in [1.165, 1.54) is 19.3 Å². The van der Waals surface area contributed by atoms with Gasteiger partial charge in [0.15, 0.2) is 0 Å². The Kier molecular flexibility index (Phi) is 3.91. The zero-order valence-corrected chi connectivity index (χ0v) is 13.5. The second kappa shape index (κ2) is 5.40. The zero-order chi connectivity index (χ0) is 14.3. The summed E-state index contributed by atoms with van der Waals surface area (Å²) in [5, 5.41) is 5.08. The Morgan fingerprint density at radius 1 is 1.25 bits per heavy atom. The molecule has 2 unspecified atom stereocenters. The van der Waals surface area contributed by atoms with Crippen LogP contribution >= 0.6 is 23.2 Å². The number of halogens is 2. The molecule has 2 aliphatic rings. The predicted octanol–water partition coefficient (Wildman–Crippen LogP) is 4.99. The summed E-state index contributed by atoms with van der Waals surface area (Å²) in [7, 11) is 0. The van der Waals surface area contributed by atoms with Gasteiger partial charge in [0.05, 0.1) is 11.6 Å². The highest BCUT2D eigenvalue weighted by molar-refractivity contribution is 6.35. The highest BCUT2D eigenvalue weighted by atomic mass is 35.5. The van der Waals surface area contributed by atoms with Crippen LogP contribution in [0.1, 0.15) is 51.1 Å². The number of nitrogens with one attached hydrogen (secondary N) is 1. The smallest absolute Gasteiger partial charge is 0.142 e. The molecule has 3 rings (SSSR count). The molecule has 1 heterocycles. The van der Waals surface area contributed by atoms with Gasteiger partial charge in [0.1, 0.15) is 5.75 Å². The van der Waals surface area contributed by atoms with Gasteiger partial charge in [0.2, 0.25) is 0 Å². The fourth-order valence-corrected chi connectivity index (χ4v) is 4.03. The van der Waals surface area contributed by atoms with Gasteiger partial charge >= 0.3 is 0 Å². The van der Waals surface area contributed by atoms with Crippen LogP contribution in [0.25, 0.3) is 0 Å². The molecule has 0 saturated heterocycles. The van der Waals surface area contributed by atoms with Crippen LogP contribution in [0.4, 0.5) is 0 Å². The van der Waals surface area contributed by atoms with Gasteiger partial charge in [-0.25, -0.2) is 0 Å². The SMILES string of the molecule is CC1(C)CCC(NC2CCOc3c(Cl)cc(Cl)cc32)C1. The van der Waals surface area contributed by atoms with Gasteiger partial charge < -0.3 is 10.1 Å². The van der Waals surface area contributed by atoms with Crippen LogP contribution in [0.3, 0.4) is 0 Å². The first-order valence-corrected chi connectivity index (χ1v) is 8.08. The third kappa shape index (κ3) is 2.93. The third-order valence-electron chi connectivity index (χ3n) is 4.47. The summed E-state index contributed by atoms with van der Waals surface area (Å²) in [6.07, 6.45) is 4.74. The Bertz CT molecular complexity index is 515. The first-order chi connectivity index (χ1) is 9.44. The average molecular weight is 314 g/mol. The second-order valence-electron chi connectivity index (χ2n) is 6.77. The van der Waals surface area contributed by atoms with Crippen LogP contribution < -0.4 is 10.1 Å². The summed E-state index contributed by atoms with van der Waals surface area (Å²) >= 11 is 12.4. The molecule has 0 bridgehead atoms. The lowest BCUT2D eigenvalue weighted by Gasteiger charge is -2.30. The lowest BCUT2D eigenvalue weighted by atomic mass is 9.91. The quantitative estimate of drug-likeness (QED) is 0.831. The van der Waals surface area contributed by atoms with Gasteiger partial charge in [-0.1, -0.05) is 37.0 Å². The Labute approximate surface area is 130 Å². The van der Waals surface area contributed by atoms with Crippen molar-refractivity contribution in [3.05, 3.63) is 27.7 Å². The summed E-state index contributed by atoms with van der Waals surface area (Å²) in [5.41, 5.74) is 1.57. The van der Waals surface area contributed by atoms with E-state index in [4.69, 9.17) is 27.9 Å². The van der Waals surface area contributed by atoms with Crippen LogP contribution in [0, 0.1) is 5.41 Å². The average Bonchev–Trinajstić information content (AvgIpc) is 2.70. The molecule has 1 fully saturated rings. The third-order valence-corrected chi connectivity index (χ3v) is 4.97. The molecule has 4 heteroatoms. The summed E-state index contributed by atoms with van der Waals surface area (Å²) in [6.45, 7) is 5.41. The molecular weight excluding hydrogens is 293 g/mol. The van der Waals surface area contributed by atoms with Crippen molar-refractivity contribution in [2.45, 2.75) is 51.6 Å². The summed E-state index contributed by atoms with van der Waals surface area (Å²) in [5.74, 6) is 0.803. The van der Waals surface area contributed by atoms with Crippen LogP contribution in [0.15, 0.2) is 12.1 Å². The second-order valence-corrected chi connectivity index (χ2v) is 7.61. The Morgan fingerprint density at radius 2 is 2.05 bits per heavy atom. The molecule has 1 aromatic rings. The molecule has 1 aliphatic carbocycles. The fourth-order valence-electron chi connectivity index (χ4n) is 3.46. The van der Waals surface area contributed by atoms with E-state index in [1.807, 2.05) is 6.07 Å². The standard InChI is InChI=1S/C16H21Cl2NO/c1-16(2)5-3-11(9-16)19-14-4-6-20-15-12(14)7-10(17)8-13(15)18/h7-8,11,14,19H,3-6,9H2,1-2H3. The van der Waals surface area contributed by atoms with Crippen molar-refractivity contribution >= 4 is 23.2 Å². The van der Waals surface area contributed by atoms with Crippen LogP contribution in [-0.2, 0) is 0 Å². The first kappa shape index (κ1) is 14.5. The molecule has 1 N–H and O–H groups in total. The lowest BCUT2D eigenvalue weighted by Crippen LogP contribution is -2.34. The van der Waals surface area contributed by atoms with Crippen molar-refractivity contribution in [3.63, 3.8) is 0 Å². The van der Waals surface area contributed by atoms with Gasteiger partial charge in [-0.3, -0.25) is 0 Å². The maximum Gasteiger partial charge on any atom is 0.142 e. The monoisotopic (exact) mass is 313 g/mol. The van der Waals surface area contributed by atoms with E-state index in [0.717, 1.165) is 17.7 Å². The van der Waals surface area contributed by atoms with Crippen molar-refractivity contribution in [2.24, 2.45) is 5.41 Å². The van der Waals surface area contributed by atoms with Gasteiger partial charge in [-0.2, -0.15) is 0 Å². The Hall–Kier alpha value is -0.440. The minimum absolute atomic E-state index is 0.300. The van der Waals surface area contributed by atoms with E-state index in [2.05, 4.69) is 19.2 Å². The molecule has 20 heavy (non-hydrogen) atoms. The molecule has 2 nitrogen and oxygen atoms in total. The molecule has 0 amide bonds. The highest BCUT2D eigenvalue weighted by Gasteiger charge is 2.33. The summed E-state index contributed by atoms with van der Waals surface area (Å²) in [4.78, 5) is 0. The molecular formula is C16H21Cl2NO. The van der Waals surface area contributed by atoms with E-state index in [9.17, 15) is 0 Å². The van der Waals surface area contributed by atoms with E-state index in [0.29, 0.717) is 34.2 Å². The first-order valence-electron chi connectivity index (χ1n) is 7.32. The van der Waals surface area contributed by atoms with Crippen molar-refractivity contribution in [2.75, 3.05) is 6.61 Å². The minimum atomic E-state index is 0.300. The molecule has 0 radical (unpaired) electrons. The molecule has 1 aliphatic heterocycles. The maximum atomic E-state index is 6.24. The summed E-state index contributed by atoms with van der Waals surface area (Å²) in [6, 6.07) is 4.62.